The molecular weight excluding hydrogens is 164 g/mol. The Hall–Kier alpha value is -0.830. The molecule has 0 aromatic carbocycles. The average Bonchev–Trinajstić information content (AvgIpc) is 2.63. The van der Waals surface area contributed by atoms with Crippen LogP contribution in [-0.2, 0) is 11.3 Å². The van der Waals surface area contributed by atoms with Gasteiger partial charge in [-0.15, -0.1) is 0 Å². The summed E-state index contributed by atoms with van der Waals surface area (Å²) in [6.07, 6.45) is 11.0. The minimum Gasteiger partial charge on any atom is -0.385 e. The zero-order chi connectivity index (χ0) is 9.36. The molecule has 1 aromatic rings. The van der Waals surface area contributed by atoms with E-state index in [4.69, 9.17) is 4.74 Å². The molecule has 0 fully saturated rings. The van der Waals surface area contributed by atoms with Crippen LogP contribution in [0.2, 0.25) is 0 Å². The first kappa shape index (κ1) is 10.3. The molecule has 1 N–H and O–H groups in total. The molecule has 0 amide bonds. The molecule has 0 saturated carbocycles. The zero-order valence-electron chi connectivity index (χ0n) is 8.33. The molecule has 3 nitrogen and oxygen atoms in total. The lowest BCUT2D eigenvalue weighted by molar-refractivity contribution is -0.696. The van der Waals surface area contributed by atoms with Gasteiger partial charge in [0.2, 0.25) is 6.33 Å². The van der Waals surface area contributed by atoms with Gasteiger partial charge >= 0.3 is 0 Å². The maximum atomic E-state index is 4.98. The van der Waals surface area contributed by atoms with Gasteiger partial charge in [-0.1, -0.05) is 6.42 Å². The number of rotatable bonds is 7. The van der Waals surface area contributed by atoms with E-state index in [2.05, 4.69) is 15.7 Å². The predicted octanol–water partition coefficient (Wildman–Crippen LogP) is 1.51. The highest BCUT2D eigenvalue weighted by Crippen LogP contribution is 1.99. The number of hydrogen-bond donors (Lipinski definition) is 1. The first-order chi connectivity index (χ1) is 6.43. The molecule has 1 rings (SSSR count). The van der Waals surface area contributed by atoms with Crippen LogP contribution in [-0.4, -0.2) is 18.7 Å². The highest BCUT2D eigenvalue weighted by atomic mass is 16.5. The summed E-state index contributed by atoms with van der Waals surface area (Å²) in [5.74, 6) is 0. The van der Waals surface area contributed by atoms with Gasteiger partial charge in [0.15, 0.2) is 0 Å². The Labute approximate surface area is 79.7 Å². The highest BCUT2D eigenvalue weighted by molar-refractivity contribution is 4.55. The first-order valence-corrected chi connectivity index (χ1v) is 4.94. The second-order valence-corrected chi connectivity index (χ2v) is 3.26. The van der Waals surface area contributed by atoms with E-state index in [1.54, 1.807) is 7.11 Å². The highest BCUT2D eigenvalue weighted by Gasteiger charge is 1.95. The van der Waals surface area contributed by atoms with Gasteiger partial charge in [-0.25, -0.2) is 4.57 Å². The fourth-order valence-electron chi connectivity index (χ4n) is 1.35. The van der Waals surface area contributed by atoms with Gasteiger partial charge in [0.25, 0.3) is 0 Å². The van der Waals surface area contributed by atoms with Crippen molar-refractivity contribution in [3.63, 3.8) is 0 Å². The lowest BCUT2D eigenvalue weighted by Crippen LogP contribution is -2.30. The first-order valence-electron chi connectivity index (χ1n) is 4.94. The minimum atomic E-state index is 0.900. The number of ether oxygens (including phenoxy) is 1. The van der Waals surface area contributed by atoms with Gasteiger partial charge in [0.05, 0.1) is 6.54 Å². The molecular formula is C10H19N2O+. The number of imidazole rings is 1. The monoisotopic (exact) mass is 183 g/mol. The largest absolute Gasteiger partial charge is 0.385 e. The predicted molar refractivity (Wildman–Crippen MR) is 51.3 cm³/mol. The summed E-state index contributed by atoms with van der Waals surface area (Å²) >= 11 is 0. The van der Waals surface area contributed by atoms with Crippen molar-refractivity contribution in [1.82, 2.24) is 4.98 Å². The van der Waals surface area contributed by atoms with E-state index in [9.17, 15) is 0 Å². The maximum absolute atomic E-state index is 4.98. The van der Waals surface area contributed by atoms with Crippen molar-refractivity contribution in [3.05, 3.63) is 18.7 Å². The molecule has 3 heteroatoms. The van der Waals surface area contributed by atoms with Crippen LogP contribution >= 0.6 is 0 Å². The van der Waals surface area contributed by atoms with Crippen molar-refractivity contribution in [2.24, 2.45) is 0 Å². The Kier molecular flexibility index (Phi) is 5.25. The molecule has 1 aromatic heterocycles. The Morgan fingerprint density at radius 1 is 1.23 bits per heavy atom. The Morgan fingerprint density at radius 2 is 2.08 bits per heavy atom. The van der Waals surface area contributed by atoms with E-state index in [1.165, 1.54) is 25.7 Å². The second-order valence-electron chi connectivity index (χ2n) is 3.26. The third-order valence-corrected chi connectivity index (χ3v) is 2.12. The number of aryl methyl sites for hydroxylation is 1. The van der Waals surface area contributed by atoms with Crippen molar-refractivity contribution >= 4 is 0 Å². The minimum absolute atomic E-state index is 0.900. The van der Waals surface area contributed by atoms with E-state index >= 15 is 0 Å². The molecule has 1 heterocycles. The molecule has 13 heavy (non-hydrogen) atoms. The number of unbranched alkanes of at least 4 members (excludes halogenated alkanes) is 3. The van der Waals surface area contributed by atoms with Gasteiger partial charge in [0, 0.05) is 13.7 Å². The number of methoxy groups -OCH3 is 1. The van der Waals surface area contributed by atoms with Gasteiger partial charge in [0.1, 0.15) is 12.4 Å². The lowest BCUT2D eigenvalue weighted by atomic mass is 10.2. The van der Waals surface area contributed by atoms with Crippen LogP contribution in [0.15, 0.2) is 18.7 Å². The van der Waals surface area contributed by atoms with Crippen molar-refractivity contribution in [2.45, 2.75) is 32.2 Å². The Bertz CT molecular complexity index is 197. The standard InChI is InChI=1S/C10H18N2O/c1-13-9-5-3-2-4-7-12-8-6-11-10-12/h6,8,10H,2-5,7,9H2,1H3/p+1. The molecule has 74 valence electrons. The fourth-order valence-corrected chi connectivity index (χ4v) is 1.35. The molecule has 0 bridgehead atoms. The molecule has 0 unspecified atom stereocenters. The van der Waals surface area contributed by atoms with Crippen molar-refractivity contribution in [1.29, 1.82) is 0 Å². The fraction of sp³-hybridized carbons (Fsp3) is 0.700. The van der Waals surface area contributed by atoms with Gasteiger partial charge < -0.3 is 4.74 Å². The van der Waals surface area contributed by atoms with Crippen LogP contribution in [0.3, 0.4) is 0 Å². The Balaban J connectivity index is 1.90. The third-order valence-electron chi connectivity index (χ3n) is 2.12. The van der Waals surface area contributed by atoms with Crippen LogP contribution in [0.4, 0.5) is 0 Å². The summed E-state index contributed by atoms with van der Waals surface area (Å²) in [6, 6.07) is 0. The summed E-state index contributed by atoms with van der Waals surface area (Å²) in [5.41, 5.74) is 0. The van der Waals surface area contributed by atoms with E-state index in [0.717, 1.165) is 13.2 Å². The quantitative estimate of drug-likeness (QED) is 0.504. The average molecular weight is 183 g/mol. The third kappa shape index (κ3) is 4.68. The van der Waals surface area contributed by atoms with Gasteiger partial charge in [-0.2, -0.15) is 0 Å². The normalized spacial score (nSPS) is 10.5. The zero-order valence-corrected chi connectivity index (χ0v) is 8.33. The number of hydrogen-bond acceptors (Lipinski definition) is 1. The number of aromatic amines is 1. The summed E-state index contributed by atoms with van der Waals surface area (Å²) in [7, 11) is 1.76. The van der Waals surface area contributed by atoms with Gasteiger partial charge in [-0.05, 0) is 19.3 Å². The molecule has 0 aliphatic rings. The number of nitrogens with zero attached hydrogens (tertiary/aromatic N) is 1. The van der Waals surface area contributed by atoms with E-state index in [1.807, 2.05) is 12.5 Å². The maximum Gasteiger partial charge on any atom is 0.241 e. The SMILES string of the molecule is COCCCCCC[n+]1cc[nH]c1. The van der Waals surface area contributed by atoms with Crippen LogP contribution < -0.4 is 4.57 Å². The van der Waals surface area contributed by atoms with Crippen molar-refractivity contribution in [2.75, 3.05) is 13.7 Å². The van der Waals surface area contributed by atoms with E-state index in [0.29, 0.717) is 0 Å². The van der Waals surface area contributed by atoms with Crippen LogP contribution in [0, 0.1) is 0 Å². The summed E-state index contributed by atoms with van der Waals surface area (Å²) in [6.45, 7) is 2.02. The van der Waals surface area contributed by atoms with E-state index in [-0.39, 0.29) is 0 Å². The smallest absolute Gasteiger partial charge is 0.241 e. The number of nitrogens with one attached hydrogen (secondary N) is 1. The summed E-state index contributed by atoms with van der Waals surface area (Å²) < 4.78 is 7.16. The topological polar surface area (TPSA) is 28.9 Å². The lowest BCUT2D eigenvalue weighted by Gasteiger charge is -1.98. The molecule has 0 atom stereocenters. The second kappa shape index (κ2) is 6.66. The number of H-pyrrole nitrogens is 1. The molecule has 0 aliphatic heterocycles. The van der Waals surface area contributed by atoms with Crippen LogP contribution in [0.5, 0.6) is 0 Å². The number of aromatic nitrogens is 2. The summed E-state index contributed by atoms with van der Waals surface area (Å²) in [4.78, 5) is 3.03. The van der Waals surface area contributed by atoms with Crippen molar-refractivity contribution < 1.29 is 9.30 Å². The molecule has 0 spiro atoms. The van der Waals surface area contributed by atoms with Crippen LogP contribution in [0.25, 0.3) is 0 Å². The van der Waals surface area contributed by atoms with E-state index < -0.39 is 0 Å². The molecule has 0 aliphatic carbocycles. The van der Waals surface area contributed by atoms with Crippen LogP contribution in [0.1, 0.15) is 25.7 Å². The summed E-state index contributed by atoms with van der Waals surface area (Å²) in [5, 5.41) is 0. The molecule has 0 saturated heterocycles. The van der Waals surface area contributed by atoms with Crippen molar-refractivity contribution in [3.8, 4) is 0 Å². The molecule has 0 radical (unpaired) electrons. The Morgan fingerprint density at radius 3 is 2.77 bits per heavy atom. The van der Waals surface area contributed by atoms with Gasteiger partial charge in [-0.3, -0.25) is 4.98 Å².